The summed E-state index contributed by atoms with van der Waals surface area (Å²) >= 11 is 3.64. The second-order valence-corrected chi connectivity index (χ2v) is 10.9. The van der Waals surface area contributed by atoms with Crippen LogP contribution >= 0.6 is 15.9 Å². The Morgan fingerprint density at radius 3 is 2.45 bits per heavy atom. The normalized spacial score (nSPS) is 33.4. The summed E-state index contributed by atoms with van der Waals surface area (Å²) in [6.07, 6.45) is -0.0673. The van der Waals surface area contributed by atoms with Gasteiger partial charge < -0.3 is 25.4 Å². The van der Waals surface area contributed by atoms with E-state index < -0.39 is 35.6 Å². The van der Waals surface area contributed by atoms with E-state index in [0.717, 1.165) is 11.1 Å². The van der Waals surface area contributed by atoms with Crippen LogP contribution in [0.5, 0.6) is 0 Å². The monoisotopic (exact) mass is 521 g/mol. The minimum absolute atomic E-state index is 0.0971. The maximum absolute atomic E-state index is 13.9. The van der Waals surface area contributed by atoms with Crippen molar-refractivity contribution in [1.29, 1.82) is 0 Å². The van der Waals surface area contributed by atoms with Gasteiger partial charge in [-0.3, -0.25) is 14.4 Å². The van der Waals surface area contributed by atoms with E-state index in [1.165, 1.54) is 11.9 Å². The highest BCUT2D eigenvalue weighted by atomic mass is 79.9. The first-order valence-electron chi connectivity index (χ1n) is 11.4. The number of hydrogen-bond donors (Lipinski definition) is 3. The lowest BCUT2D eigenvalue weighted by Crippen LogP contribution is -2.57. The highest BCUT2D eigenvalue weighted by molar-refractivity contribution is 9.09. The predicted octanol–water partition coefficient (Wildman–Crippen LogP) is 1.75. The molecule has 7 atom stereocenters. The summed E-state index contributed by atoms with van der Waals surface area (Å²) in [5.41, 5.74) is 1.38. The zero-order valence-electron chi connectivity index (χ0n) is 19.6. The number of aliphatic hydroxyl groups is 1. The fourth-order valence-corrected chi connectivity index (χ4v) is 6.96. The Hall–Kier alpha value is -1.97. The third kappa shape index (κ3) is 3.51. The maximum atomic E-state index is 13.9. The average molecular weight is 522 g/mol. The SMILES string of the molecule is CNC(=O)[C@H]1[C@H]2C(=O)N([C@@H](CO)C(C)C)C(C(=O)Nc3c(C)cccc3C)C23CC(Br)[C@@H]1O3. The second-order valence-electron chi connectivity index (χ2n) is 9.77. The third-order valence-corrected chi connectivity index (χ3v) is 8.41. The topological polar surface area (TPSA) is 108 Å². The summed E-state index contributed by atoms with van der Waals surface area (Å²) in [5.74, 6) is -2.52. The standard InChI is InChI=1S/C24H32BrN3O5/c1-11(2)15(10-29)28-20(22(31)27-18-12(3)7-6-8-13(18)4)24-9-14(25)19(33-24)16(21(30)26-5)17(24)23(28)32/h6-8,11,14-17,19-20,29H,9-10H2,1-5H3,(H,26,30)(H,27,31)/t14?,15-,16-,17-,19-,20?,24?/m0/s1. The number of hydrogen-bond acceptors (Lipinski definition) is 5. The zero-order chi connectivity index (χ0) is 24.2. The molecule has 0 aromatic heterocycles. The number of aliphatic hydroxyl groups excluding tert-OH is 1. The highest BCUT2D eigenvalue weighted by Gasteiger charge is 2.77. The average Bonchev–Trinajstić information content (AvgIpc) is 3.34. The largest absolute Gasteiger partial charge is 0.394 e. The lowest BCUT2D eigenvalue weighted by atomic mass is 9.70. The van der Waals surface area contributed by atoms with E-state index in [1.54, 1.807) is 0 Å². The lowest BCUT2D eigenvalue weighted by Gasteiger charge is -2.38. The second kappa shape index (κ2) is 8.67. The molecule has 2 bridgehead atoms. The molecule has 9 heteroatoms. The van der Waals surface area contributed by atoms with Crippen molar-refractivity contribution in [2.75, 3.05) is 19.0 Å². The molecule has 8 nitrogen and oxygen atoms in total. The molecule has 3 aliphatic rings. The third-order valence-electron chi connectivity index (χ3n) is 7.57. The number of aryl methyl sites for hydroxylation is 2. The quantitative estimate of drug-likeness (QED) is 0.494. The molecular formula is C24H32BrN3O5. The molecule has 3 heterocycles. The number of fused-ring (bicyclic) bond motifs is 1. The summed E-state index contributed by atoms with van der Waals surface area (Å²) < 4.78 is 6.43. The van der Waals surface area contributed by atoms with Crippen LogP contribution in [-0.4, -0.2) is 70.0 Å². The number of ether oxygens (including phenoxy) is 1. The van der Waals surface area contributed by atoms with Crippen LogP contribution < -0.4 is 10.6 Å². The van der Waals surface area contributed by atoms with E-state index >= 15 is 0 Å². The van der Waals surface area contributed by atoms with Crippen LogP contribution in [0.2, 0.25) is 0 Å². The predicted molar refractivity (Wildman–Crippen MR) is 127 cm³/mol. The molecule has 1 spiro atoms. The van der Waals surface area contributed by atoms with E-state index in [0.29, 0.717) is 12.1 Å². The minimum atomic E-state index is -1.14. The minimum Gasteiger partial charge on any atom is -0.394 e. The van der Waals surface area contributed by atoms with Crippen LogP contribution in [0.3, 0.4) is 0 Å². The van der Waals surface area contributed by atoms with Crippen molar-refractivity contribution >= 4 is 39.3 Å². The molecule has 3 unspecified atom stereocenters. The molecule has 1 aromatic carbocycles. The molecule has 180 valence electrons. The first kappa shape index (κ1) is 24.2. The molecule has 0 saturated carbocycles. The van der Waals surface area contributed by atoms with Crippen LogP contribution in [0.1, 0.15) is 31.4 Å². The number of nitrogens with one attached hydrogen (secondary N) is 2. The lowest BCUT2D eigenvalue weighted by molar-refractivity contribution is -0.145. The van der Waals surface area contributed by atoms with Gasteiger partial charge in [-0.2, -0.15) is 0 Å². The molecule has 0 radical (unpaired) electrons. The Bertz CT molecular complexity index is 965. The number of carbonyl (C=O) groups excluding carboxylic acids is 3. The van der Waals surface area contributed by atoms with Gasteiger partial charge in [0.05, 0.1) is 30.6 Å². The molecule has 1 aromatic rings. The fraction of sp³-hybridized carbons (Fsp3) is 0.625. The van der Waals surface area contributed by atoms with Gasteiger partial charge >= 0.3 is 0 Å². The number of likely N-dealkylation sites (tertiary alicyclic amines) is 1. The number of para-hydroxylation sites is 1. The van der Waals surface area contributed by atoms with Crippen molar-refractivity contribution in [3.05, 3.63) is 29.3 Å². The summed E-state index contributed by atoms with van der Waals surface area (Å²) in [4.78, 5) is 42.0. The van der Waals surface area contributed by atoms with Gasteiger partial charge in [0.2, 0.25) is 17.7 Å². The van der Waals surface area contributed by atoms with Gasteiger partial charge in [0.15, 0.2) is 0 Å². The Kier molecular flexibility index (Phi) is 6.35. The van der Waals surface area contributed by atoms with Gasteiger partial charge in [0, 0.05) is 17.6 Å². The van der Waals surface area contributed by atoms with Gasteiger partial charge in [0.1, 0.15) is 11.6 Å². The van der Waals surface area contributed by atoms with Crippen molar-refractivity contribution in [3.63, 3.8) is 0 Å². The van der Waals surface area contributed by atoms with Crippen molar-refractivity contribution in [2.45, 2.75) is 62.7 Å². The molecule has 3 aliphatic heterocycles. The number of anilines is 1. The van der Waals surface area contributed by atoms with Gasteiger partial charge in [-0.25, -0.2) is 0 Å². The molecule has 33 heavy (non-hydrogen) atoms. The van der Waals surface area contributed by atoms with E-state index in [1.807, 2.05) is 45.9 Å². The Morgan fingerprint density at radius 1 is 1.27 bits per heavy atom. The number of nitrogens with zero attached hydrogens (tertiary/aromatic N) is 1. The van der Waals surface area contributed by atoms with E-state index in [-0.39, 0.29) is 35.1 Å². The molecule has 3 fully saturated rings. The van der Waals surface area contributed by atoms with Crippen molar-refractivity contribution in [1.82, 2.24) is 10.2 Å². The first-order valence-corrected chi connectivity index (χ1v) is 12.3. The molecule has 4 rings (SSSR count). The van der Waals surface area contributed by atoms with Crippen molar-refractivity contribution in [2.24, 2.45) is 17.8 Å². The maximum Gasteiger partial charge on any atom is 0.250 e. The molecule has 3 N–H and O–H groups in total. The molecule has 0 aliphatic carbocycles. The summed E-state index contributed by atoms with van der Waals surface area (Å²) in [6, 6.07) is 4.21. The van der Waals surface area contributed by atoms with Gasteiger partial charge in [-0.15, -0.1) is 0 Å². The van der Waals surface area contributed by atoms with E-state index in [4.69, 9.17) is 4.74 Å². The molecular weight excluding hydrogens is 490 g/mol. The number of rotatable bonds is 6. The summed E-state index contributed by atoms with van der Waals surface area (Å²) in [5, 5.41) is 15.9. The molecule has 3 saturated heterocycles. The Morgan fingerprint density at radius 2 is 1.91 bits per heavy atom. The van der Waals surface area contributed by atoms with Crippen LogP contribution in [0.25, 0.3) is 0 Å². The highest BCUT2D eigenvalue weighted by Crippen LogP contribution is 2.60. The van der Waals surface area contributed by atoms with Crippen LogP contribution in [0, 0.1) is 31.6 Å². The number of amides is 3. The zero-order valence-corrected chi connectivity index (χ0v) is 21.2. The van der Waals surface area contributed by atoms with E-state index in [2.05, 4.69) is 26.6 Å². The van der Waals surface area contributed by atoms with E-state index in [9.17, 15) is 19.5 Å². The Balaban J connectivity index is 1.82. The van der Waals surface area contributed by atoms with Crippen LogP contribution in [0.15, 0.2) is 18.2 Å². The van der Waals surface area contributed by atoms with Crippen LogP contribution in [-0.2, 0) is 19.1 Å². The fourth-order valence-electron chi connectivity index (χ4n) is 6.01. The Labute approximate surface area is 202 Å². The smallest absolute Gasteiger partial charge is 0.250 e. The molecule has 3 amide bonds. The number of benzene rings is 1. The van der Waals surface area contributed by atoms with Gasteiger partial charge in [-0.1, -0.05) is 48.0 Å². The number of alkyl halides is 1. The summed E-state index contributed by atoms with van der Waals surface area (Å²) in [7, 11) is 1.54. The van der Waals surface area contributed by atoms with Gasteiger partial charge in [0.25, 0.3) is 0 Å². The van der Waals surface area contributed by atoms with Crippen LogP contribution in [0.4, 0.5) is 5.69 Å². The number of carbonyl (C=O) groups is 3. The first-order chi connectivity index (χ1) is 15.6. The van der Waals surface area contributed by atoms with Crippen molar-refractivity contribution in [3.8, 4) is 0 Å². The summed E-state index contributed by atoms with van der Waals surface area (Å²) in [6.45, 7) is 7.36. The van der Waals surface area contributed by atoms with Crippen molar-refractivity contribution < 1.29 is 24.2 Å². The van der Waals surface area contributed by atoms with Gasteiger partial charge in [-0.05, 0) is 37.3 Å². The number of halogens is 1.